The van der Waals surface area contributed by atoms with Crippen molar-refractivity contribution < 1.29 is 4.79 Å². The molecule has 0 aliphatic carbocycles. The highest BCUT2D eigenvalue weighted by molar-refractivity contribution is 5.74. The zero-order chi connectivity index (χ0) is 9.35. The lowest BCUT2D eigenvalue weighted by molar-refractivity contribution is -0.120. The van der Waals surface area contributed by atoms with Crippen LogP contribution in [0.1, 0.15) is 33.6 Å². The van der Waals surface area contributed by atoms with Gasteiger partial charge in [0.15, 0.2) is 0 Å². The molecule has 0 aromatic rings. The summed E-state index contributed by atoms with van der Waals surface area (Å²) in [7, 11) is 0. The number of rotatable bonds is 3. The number of hydrogen-bond acceptors (Lipinski definition) is 2. The van der Waals surface area contributed by atoms with E-state index >= 15 is 0 Å². The first kappa shape index (κ1) is 9.52. The number of likely N-dealkylation sites (tertiary alicyclic amines) is 1. The monoisotopic (exact) mass is 170 g/mol. The number of carbonyl (C=O) groups is 1. The summed E-state index contributed by atoms with van der Waals surface area (Å²) in [6, 6.07) is 0.297. The van der Waals surface area contributed by atoms with E-state index in [-0.39, 0.29) is 11.4 Å². The van der Waals surface area contributed by atoms with Gasteiger partial charge in [-0.05, 0) is 27.2 Å². The van der Waals surface area contributed by atoms with E-state index in [1.807, 2.05) is 0 Å². The molecule has 1 unspecified atom stereocenters. The molecule has 1 aliphatic heterocycles. The molecule has 0 spiro atoms. The Morgan fingerprint density at radius 3 is 2.50 bits per heavy atom. The van der Waals surface area contributed by atoms with Crippen molar-refractivity contribution in [3.63, 3.8) is 0 Å². The molecule has 12 heavy (non-hydrogen) atoms. The Bertz CT molecular complexity index is 189. The maximum atomic E-state index is 10.7. The molecule has 1 rings (SSSR count). The molecule has 0 aromatic heterocycles. The summed E-state index contributed by atoms with van der Waals surface area (Å²) in [6.07, 6.45) is 1.69. The minimum atomic E-state index is -0.204. The van der Waals surface area contributed by atoms with Crippen LogP contribution in [-0.4, -0.2) is 28.9 Å². The van der Waals surface area contributed by atoms with Crippen LogP contribution in [0.15, 0.2) is 0 Å². The highest BCUT2D eigenvalue weighted by atomic mass is 16.1. The third-order valence-electron chi connectivity index (χ3n) is 2.77. The van der Waals surface area contributed by atoms with Gasteiger partial charge in [-0.15, -0.1) is 0 Å². The van der Waals surface area contributed by atoms with Crippen LogP contribution in [0.3, 0.4) is 0 Å². The van der Waals surface area contributed by atoms with Crippen LogP contribution in [0.25, 0.3) is 0 Å². The van der Waals surface area contributed by atoms with E-state index in [0.717, 1.165) is 6.54 Å². The summed E-state index contributed by atoms with van der Waals surface area (Å²) in [4.78, 5) is 13.0. The van der Waals surface area contributed by atoms with Gasteiger partial charge in [0, 0.05) is 24.5 Å². The number of nitrogens with two attached hydrogens (primary N) is 1. The minimum Gasteiger partial charge on any atom is -0.370 e. The molecule has 2 N–H and O–H groups in total. The van der Waals surface area contributed by atoms with Gasteiger partial charge < -0.3 is 5.73 Å². The first-order chi connectivity index (χ1) is 5.43. The zero-order valence-electron chi connectivity index (χ0n) is 8.13. The first-order valence-electron chi connectivity index (χ1n) is 4.48. The molecule has 0 radical (unpaired) electrons. The molecule has 1 atom stereocenters. The van der Waals surface area contributed by atoms with E-state index < -0.39 is 0 Å². The van der Waals surface area contributed by atoms with Crippen molar-refractivity contribution in [3.05, 3.63) is 0 Å². The summed E-state index contributed by atoms with van der Waals surface area (Å²) in [5.74, 6) is -0.204. The van der Waals surface area contributed by atoms with Gasteiger partial charge in [0.2, 0.25) is 5.91 Å². The molecule has 70 valence electrons. The molecular weight excluding hydrogens is 152 g/mol. The topological polar surface area (TPSA) is 46.3 Å². The molecule has 0 saturated carbocycles. The molecule has 1 fully saturated rings. The normalized spacial score (nSPS) is 24.6. The van der Waals surface area contributed by atoms with E-state index in [0.29, 0.717) is 12.5 Å². The molecule has 1 saturated heterocycles. The second-order valence-electron chi connectivity index (χ2n) is 4.28. The molecule has 3 nitrogen and oxygen atoms in total. The Kier molecular flexibility index (Phi) is 2.42. The van der Waals surface area contributed by atoms with E-state index in [1.165, 1.54) is 6.42 Å². The molecule has 1 aliphatic rings. The van der Waals surface area contributed by atoms with Gasteiger partial charge in [-0.2, -0.15) is 0 Å². The first-order valence-corrected chi connectivity index (χ1v) is 4.48. The lowest BCUT2D eigenvalue weighted by Crippen LogP contribution is -2.59. The van der Waals surface area contributed by atoms with E-state index in [1.54, 1.807) is 0 Å². The maximum absolute atomic E-state index is 10.7. The Morgan fingerprint density at radius 1 is 1.67 bits per heavy atom. The average molecular weight is 170 g/mol. The highest BCUT2D eigenvalue weighted by Crippen LogP contribution is 2.32. The van der Waals surface area contributed by atoms with Gasteiger partial charge in [-0.3, -0.25) is 9.69 Å². The number of hydrogen-bond donors (Lipinski definition) is 1. The van der Waals surface area contributed by atoms with Crippen molar-refractivity contribution >= 4 is 5.91 Å². The highest BCUT2D eigenvalue weighted by Gasteiger charge is 2.38. The van der Waals surface area contributed by atoms with Gasteiger partial charge in [-0.25, -0.2) is 0 Å². The van der Waals surface area contributed by atoms with E-state index in [2.05, 4.69) is 25.7 Å². The van der Waals surface area contributed by atoms with Crippen molar-refractivity contribution in [2.45, 2.75) is 45.2 Å². The summed E-state index contributed by atoms with van der Waals surface area (Å²) >= 11 is 0. The lowest BCUT2D eigenvalue weighted by atomic mass is 9.86. The van der Waals surface area contributed by atoms with E-state index in [9.17, 15) is 4.79 Å². The van der Waals surface area contributed by atoms with Crippen molar-refractivity contribution in [1.82, 2.24) is 4.90 Å². The Labute approximate surface area is 73.9 Å². The number of carbonyl (C=O) groups excluding carboxylic acids is 1. The zero-order valence-corrected chi connectivity index (χ0v) is 8.13. The van der Waals surface area contributed by atoms with Gasteiger partial charge >= 0.3 is 0 Å². The molecular formula is C9H18N2O. The van der Waals surface area contributed by atoms with Crippen LogP contribution in [0.4, 0.5) is 0 Å². The standard InChI is InChI=1S/C9H18N2O/c1-7(6-8(10)12)11-5-4-9(11,2)3/h7H,4-6H2,1-3H3,(H2,10,12). The molecule has 1 amide bonds. The van der Waals surface area contributed by atoms with Crippen LogP contribution in [0.5, 0.6) is 0 Å². The Morgan fingerprint density at radius 2 is 2.25 bits per heavy atom. The third kappa shape index (κ3) is 1.78. The predicted molar refractivity (Wildman–Crippen MR) is 48.7 cm³/mol. The molecule has 0 aromatic carbocycles. The van der Waals surface area contributed by atoms with Gasteiger partial charge in [0.25, 0.3) is 0 Å². The summed E-state index contributed by atoms with van der Waals surface area (Å²) in [6.45, 7) is 7.56. The number of amides is 1. The second-order valence-corrected chi connectivity index (χ2v) is 4.28. The van der Waals surface area contributed by atoms with Crippen LogP contribution in [0.2, 0.25) is 0 Å². The summed E-state index contributed by atoms with van der Waals surface area (Å²) in [5.41, 5.74) is 5.41. The van der Waals surface area contributed by atoms with Gasteiger partial charge in [0.1, 0.15) is 0 Å². The fraction of sp³-hybridized carbons (Fsp3) is 0.889. The molecule has 0 bridgehead atoms. The number of primary amides is 1. The van der Waals surface area contributed by atoms with Crippen molar-refractivity contribution in [3.8, 4) is 0 Å². The smallest absolute Gasteiger partial charge is 0.218 e. The molecule has 1 heterocycles. The van der Waals surface area contributed by atoms with Gasteiger partial charge in [0.05, 0.1) is 0 Å². The lowest BCUT2D eigenvalue weighted by Gasteiger charge is -2.51. The SMILES string of the molecule is CC(CC(N)=O)N1CCC1(C)C. The summed E-state index contributed by atoms with van der Waals surface area (Å²) in [5, 5.41) is 0. The Hall–Kier alpha value is -0.570. The predicted octanol–water partition coefficient (Wildman–Crippen LogP) is 0.735. The fourth-order valence-electron chi connectivity index (χ4n) is 1.91. The van der Waals surface area contributed by atoms with Crippen molar-refractivity contribution in [2.75, 3.05) is 6.54 Å². The Balaban J connectivity index is 2.43. The van der Waals surface area contributed by atoms with Crippen molar-refractivity contribution in [1.29, 1.82) is 0 Å². The fourth-order valence-corrected chi connectivity index (χ4v) is 1.91. The number of nitrogens with zero attached hydrogens (tertiary/aromatic N) is 1. The van der Waals surface area contributed by atoms with Gasteiger partial charge in [-0.1, -0.05) is 0 Å². The van der Waals surface area contributed by atoms with Crippen LogP contribution in [0, 0.1) is 0 Å². The minimum absolute atomic E-state index is 0.204. The van der Waals surface area contributed by atoms with Crippen molar-refractivity contribution in [2.24, 2.45) is 5.73 Å². The third-order valence-corrected chi connectivity index (χ3v) is 2.77. The largest absolute Gasteiger partial charge is 0.370 e. The summed E-state index contributed by atoms with van der Waals surface area (Å²) < 4.78 is 0. The molecule has 3 heteroatoms. The quantitative estimate of drug-likeness (QED) is 0.679. The average Bonchev–Trinajstić information content (AvgIpc) is 1.83. The van der Waals surface area contributed by atoms with Crippen LogP contribution in [-0.2, 0) is 4.79 Å². The van der Waals surface area contributed by atoms with Crippen LogP contribution < -0.4 is 5.73 Å². The maximum Gasteiger partial charge on any atom is 0.218 e. The van der Waals surface area contributed by atoms with Crippen LogP contribution >= 0.6 is 0 Å². The second kappa shape index (κ2) is 3.05. The van der Waals surface area contributed by atoms with E-state index in [4.69, 9.17) is 5.73 Å².